The number of nitrogens with one attached hydrogen (secondary N) is 1. The summed E-state index contributed by atoms with van der Waals surface area (Å²) in [6.45, 7) is 3.90. The molecule has 2 aliphatic rings. The molecule has 1 saturated heterocycles. The van der Waals surface area contributed by atoms with Crippen LogP contribution in [0.15, 0.2) is 72.8 Å². The maximum atomic E-state index is 3.68. The second-order valence-electron chi connectivity index (χ2n) is 8.77. The third-order valence-electron chi connectivity index (χ3n) is 6.57. The molecule has 0 aliphatic carbocycles. The molecule has 2 aliphatic heterocycles. The first-order chi connectivity index (χ1) is 14.2. The third-order valence-corrected chi connectivity index (χ3v) is 6.57. The van der Waals surface area contributed by atoms with E-state index in [1.165, 1.54) is 71.7 Å². The molecular weight excluding hydrogens is 354 g/mol. The van der Waals surface area contributed by atoms with Crippen LogP contribution >= 0.6 is 0 Å². The molecule has 0 aromatic heterocycles. The number of rotatable bonds is 4. The molecular formula is C26H30N3+. The topological polar surface area (TPSA) is 15.3 Å². The van der Waals surface area contributed by atoms with Crippen molar-refractivity contribution >= 4 is 28.4 Å². The molecule has 0 amide bonds. The molecule has 5 rings (SSSR count). The van der Waals surface area contributed by atoms with Crippen LogP contribution < -0.4 is 10.2 Å². The van der Waals surface area contributed by atoms with Gasteiger partial charge in [0.15, 0.2) is 0 Å². The molecule has 0 spiro atoms. The number of likely N-dealkylation sites (N-methyl/N-ethyl adjacent to an activating group) is 1. The minimum Gasteiger partial charge on any atom is -0.352 e. The Balaban J connectivity index is 1.46. The molecule has 0 bridgehead atoms. The smallest absolute Gasteiger partial charge is 0.0825 e. The van der Waals surface area contributed by atoms with E-state index in [0.717, 1.165) is 12.1 Å². The lowest BCUT2D eigenvalue weighted by Crippen LogP contribution is -2.49. The van der Waals surface area contributed by atoms with Crippen molar-refractivity contribution in [3.05, 3.63) is 78.4 Å². The van der Waals surface area contributed by atoms with Gasteiger partial charge < -0.3 is 14.7 Å². The minimum absolute atomic E-state index is 1.14. The zero-order valence-electron chi connectivity index (χ0n) is 17.3. The van der Waals surface area contributed by atoms with Gasteiger partial charge in [-0.15, -0.1) is 0 Å². The Bertz CT molecular complexity index is 990. The number of hydrogen-bond acceptors (Lipinski definition) is 2. The van der Waals surface area contributed by atoms with Gasteiger partial charge in [-0.05, 0) is 61.2 Å². The van der Waals surface area contributed by atoms with Gasteiger partial charge in [0, 0.05) is 12.1 Å². The number of likely N-dealkylation sites (tertiary alicyclic amines) is 1. The number of benzene rings is 3. The predicted molar refractivity (Wildman–Crippen MR) is 123 cm³/mol. The van der Waals surface area contributed by atoms with Crippen molar-refractivity contribution in [1.29, 1.82) is 0 Å². The number of nitrogens with zero attached hydrogens (tertiary/aromatic N) is 2. The second kappa shape index (κ2) is 7.57. The Hall–Kier alpha value is -2.78. The normalized spacial score (nSPS) is 17.2. The summed E-state index contributed by atoms with van der Waals surface area (Å²) >= 11 is 0. The predicted octanol–water partition coefficient (Wildman–Crippen LogP) is 6.39. The highest BCUT2D eigenvalue weighted by Crippen LogP contribution is 2.47. The summed E-state index contributed by atoms with van der Waals surface area (Å²) < 4.78 is 1.23. The fourth-order valence-corrected chi connectivity index (χ4v) is 4.84. The molecule has 0 saturated carbocycles. The van der Waals surface area contributed by atoms with Gasteiger partial charge in [-0.3, -0.25) is 0 Å². The number of piperidine rings is 1. The summed E-state index contributed by atoms with van der Waals surface area (Å²) in [5.74, 6) is 0. The van der Waals surface area contributed by atoms with Crippen LogP contribution in [-0.4, -0.2) is 31.2 Å². The third kappa shape index (κ3) is 3.63. The van der Waals surface area contributed by atoms with Crippen LogP contribution in [0.4, 0.5) is 28.4 Å². The average Bonchev–Trinajstić information content (AvgIpc) is 2.77. The van der Waals surface area contributed by atoms with Crippen LogP contribution in [0.1, 0.15) is 24.8 Å². The second-order valence-corrected chi connectivity index (χ2v) is 8.77. The number of para-hydroxylation sites is 3. The lowest BCUT2D eigenvalue weighted by molar-refractivity contribution is -0.913. The van der Waals surface area contributed by atoms with E-state index in [2.05, 4.69) is 90.1 Å². The fourth-order valence-electron chi connectivity index (χ4n) is 4.84. The van der Waals surface area contributed by atoms with Gasteiger partial charge in [-0.25, -0.2) is 0 Å². The maximum absolute atomic E-state index is 3.68. The summed E-state index contributed by atoms with van der Waals surface area (Å²) in [6, 6.07) is 26.2. The van der Waals surface area contributed by atoms with Gasteiger partial charge in [0.1, 0.15) is 0 Å². The summed E-state index contributed by atoms with van der Waals surface area (Å²) in [7, 11) is 2.43. The fraction of sp³-hybridized carbons (Fsp3) is 0.308. The van der Waals surface area contributed by atoms with Crippen molar-refractivity contribution in [2.75, 3.05) is 36.9 Å². The summed E-state index contributed by atoms with van der Waals surface area (Å²) in [5, 5.41) is 3.68. The van der Waals surface area contributed by atoms with E-state index < -0.39 is 0 Å². The van der Waals surface area contributed by atoms with Gasteiger partial charge >= 0.3 is 0 Å². The van der Waals surface area contributed by atoms with Crippen LogP contribution in [-0.2, 0) is 6.42 Å². The highest BCUT2D eigenvalue weighted by atomic mass is 15.3. The molecule has 3 nitrogen and oxygen atoms in total. The van der Waals surface area contributed by atoms with Crippen molar-refractivity contribution in [1.82, 2.24) is 0 Å². The van der Waals surface area contributed by atoms with Crippen molar-refractivity contribution in [2.45, 2.75) is 25.7 Å². The van der Waals surface area contributed by atoms with Crippen molar-refractivity contribution < 1.29 is 4.48 Å². The van der Waals surface area contributed by atoms with Gasteiger partial charge in [0.05, 0.1) is 49.4 Å². The van der Waals surface area contributed by atoms with Gasteiger partial charge in [-0.2, -0.15) is 0 Å². The molecule has 3 aromatic rings. The number of anilines is 5. The number of fused-ring (bicyclic) bond motifs is 2. The Labute approximate surface area is 174 Å². The average molecular weight is 385 g/mol. The van der Waals surface area contributed by atoms with E-state index >= 15 is 0 Å². The van der Waals surface area contributed by atoms with E-state index in [9.17, 15) is 0 Å². The molecule has 0 unspecified atom stereocenters. The van der Waals surface area contributed by atoms with E-state index in [-0.39, 0.29) is 0 Å². The standard InChI is InChI=1S/C26H30N3/c1-29(17-8-3-9-18-29)19-16-21-14-15-26-24(20-21)27-23-12-6-7-13-25(23)28(26)22-10-4-2-5-11-22/h2,4-7,10-15,20,27H,3,8-9,16-19H2,1H3/q+1. The molecule has 29 heavy (non-hydrogen) atoms. The molecule has 148 valence electrons. The van der Waals surface area contributed by atoms with Gasteiger partial charge in [0.25, 0.3) is 0 Å². The molecule has 1 N–H and O–H groups in total. The number of hydrogen-bond donors (Lipinski definition) is 1. The molecule has 3 aromatic carbocycles. The van der Waals surface area contributed by atoms with Gasteiger partial charge in [0.2, 0.25) is 0 Å². The summed E-state index contributed by atoms with van der Waals surface area (Å²) in [6.07, 6.45) is 5.31. The Morgan fingerprint density at radius 3 is 2.34 bits per heavy atom. The maximum Gasteiger partial charge on any atom is 0.0825 e. The van der Waals surface area contributed by atoms with Crippen molar-refractivity contribution in [3.8, 4) is 0 Å². The monoisotopic (exact) mass is 384 g/mol. The molecule has 0 radical (unpaired) electrons. The summed E-state index contributed by atoms with van der Waals surface area (Å²) in [4.78, 5) is 2.36. The van der Waals surface area contributed by atoms with Crippen LogP contribution in [0, 0.1) is 0 Å². The lowest BCUT2D eigenvalue weighted by atomic mass is 10.0. The zero-order chi connectivity index (χ0) is 19.7. The first-order valence-electron chi connectivity index (χ1n) is 10.9. The first kappa shape index (κ1) is 18.3. The quantitative estimate of drug-likeness (QED) is 0.410. The lowest BCUT2D eigenvalue weighted by Gasteiger charge is -2.38. The van der Waals surface area contributed by atoms with E-state index in [1.54, 1.807) is 0 Å². The first-order valence-corrected chi connectivity index (χ1v) is 10.9. The molecule has 1 fully saturated rings. The molecule has 0 atom stereocenters. The minimum atomic E-state index is 1.14. The van der Waals surface area contributed by atoms with Crippen LogP contribution in [0.2, 0.25) is 0 Å². The Morgan fingerprint density at radius 2 is 1.52 bits per heavy atom. The number of quaternary nitrogens is 1. The van der Waals surface area contributed by atoms with Crippen LogP contribution in [0.25, 0.3) is 0 Å². The van der Waals surface area contributed by atoms with Crippen molar-refractivity contribution in [2.24, 2.45) is 0 Å². The van der Waals surface area contributed by atoms with Crippen molar-refractivity contribution in [3.63, 3.8) is 0 Å². The van der Waals surface area contributed by atoms with Gasteiger partial charge in [-0.1, -0.05) is 36.4 Å². The summed E-state index contributed by atoms with van der Waals surface area (Å²) in [5.41, 5.74) is 7.40. The SMILES string of the molecule is C[N+]1(CCc2ccc3c(c2)Nc2ccccc2N3c2ccccc2)CCCCC1. The Kier molecular flexibility index (Phi) is 4.76. The Morgan fingerprint density at radius 1 is 0.793 bits per heavy atom. The van der Waals surface area contributed by atoms with Crippen LogP contribution in [0.5, 0.6) is 0 Å². The molecule has 2 heterocycles. The molecule has 3 heteroatoms. The van der Waals surface area contributed by atoms with E-state index in [4.69, 9.17) is 0 Å². The zero-order valence-corrected chi connectivity index (χ0v) is 17.3. The highest BCUT2D eigenvalue weighted by Gasteiger charge is 2.26. The van der Waals surface area contributed by atoms with E-state index in [1.807, 2.05) is 0 Å². The van der Waals surface area contributed by atoms with E-state index in [0.29, 0.717) is 0 Å². The largest absolute Gasteiger partial charge is 0.352 e. The van der Waals surface area contributed by atoms with Crippen LogP contribution in [0.3, 0.4) is 0 Å². The highest BCUT2D eigenvalue weighted by molar-refractivity contribution is 5.96.